The molecular weight excluding hydrogens is 297 g/mol. The fraction of sp³-hybridized carbons (Fsp3) is 0.308. The minimum atomic E-state index is -0.252. The van der Waals surface area contributed by atoms with Crippen molar-refractivity contribution < 1.29 is 4.39 Å². The number of nitrogens with zero attached hydrogens (tertiary/aromatic N) is 2. The zero-order valence-electron chi connectivity index (χ0n) is 10.3. The van der Waals surface area contributed by atoms with Gasteiger partial charge in [-0.1, -0.05) is 12.1 Å². The van der Waals surface area contributed by atoms with E-state index in [0.717, 1.165) is 17.1 Å². The lowest BCUT2D eigenvalue weighted by molar-refractivity contribution is 0.615. The highest BCUT2D eigenvalue weighted by Crippen LogP contribution is 2.22. The van der Waals surface area contributed by atoms with Gasteiger partial charge in [0.2, 0.25) is 0 Å². The summed E-state index contributed by atoms with van der Waals surface area (Å²) in [5.74, 6) is 0.621. The Morgan fingerprint density at radius 1 is 1.50 bits per heavy atom. The Morgan fingerprint density at radius 2 is 2.22 bits per heavy atom. The molecule has 0 fully saturated rings. The molecule has 1 aromatic heterocycles. The maximum Gasteiger partial charge on any atom is 0.137 e. The summed E-state index contributed by atoms with van der Waals surface area (Å²) in [6.45, 7) is 4.38. The summed E-state index contributed by atoms with van der Waals surface area (Å²) in [4.78, 5) is 4.39. The average Bonchev–Trinajstić information content (AvgIpc) is 2.67. The normalized spacial score (nSPS) is 12.7. The molecule has 2 N–H and O–H groups in total. The van der Waals surface area contributed by atoms with Crippen LogP contribution in [-0.4, -0.2) is 9.55 Å². The van der Waals surface area contributed by atoms with Crippen molar-refractivity contribution in [1.82, 2.24) is 9.55 Å². The van der Waals surface area contributed by atoms with E-state index in [-0.39, 0.29) is 11.9 Å². The van der Waals surface area contributed by atoms with E-state index >= 15 is 0 Å². The molecule has 0 bridgehead atoms. The fourth-order valence-corrected chi connectivity index (χ4v) is 2.16. The van der Waals surface area contributed by atoms with E-state index in [0.29, 0.717) is 11.0 Å². The molecule has 2 aromatic rings. The summed E-state index contributed by atoms with van der Waals surface area (Å²) in [5, 5.41) is 0. The van der Waals surface area contributed by atoms with Crippen LogP contribution in [0.15, 0.2) is 28.9 Å². The summed E-state index contributed by atoms with van der Waals surface area (Å²) < 4.78 is 15.9. The van der Waals surface area contributed by atoms with Gasteiger partial charge < -0.3 is 10.3 Å². The molecule has 0 aliphatic carbocycles. The summed E-state index contributed by atoms with van der Waals surface area (Å²) in [7, 11) is 0. The molecule has 0 saturated carbocycles. The summed E-state index contributed by atoms with van der Waals surface area (Å²) in [5.41, 5.74) is 7.53. The molecule has 3 nitrogen and oxygen atoms in total. The van der Waals surface area contributed by atoms with Gasteiger partial charge in [-0.3, -0.25) is 0 Å². The third kappa shape index (κ3) is 2.62. The maximum absolute atomic E-state index is 13.4. The minimum absolute atomic E-state index is 0.0964. The molecule has 1 aromatic carbocycles. The third-order valence-corrected chi connectivity index (χ3v) is 3.72. The largest absolute Gasteiger partial charge is 0.330 e. The van der Waals surface area contributed by atoms with Gasteiger partial charge in [-0.05, 0) is 41.4 Å². The number of nitrogens with two attached hydrogens (primary N) is 1. The first kappa shape index (κ1) is 13.2. The van der Waals surface area contributed by atoms with Crippen LogP contribution in [0.25, 0.3) is 0 Å². The van der Waals surface area contributed by atoms with Gasteiger partial charge >= 0.3 is 0 Å². The van der Waals surface area contributed by atoms with Crippen LogP contribution in [0.4, 0.5) is 4.39 Å². The average molecular weight is 312 g/mol. The lowest BCUT2D eigenvalue weighted by atomic mass is 10.2. The highest BCUT2D eigenvalue weighted by molar-refractivity contribution is 9.10. The second-order valence-corrected chi connectivity index (χ2v) is 5.14. The fourth-order valence-electron chi connectivity index (χ4n) is 1.77. The Hall–Kier alpha value is -1.20. The molecule has 0 radical (unpaired) electrons. The molecule has 0 spiro atoms. The second kappa shape index (κ2) is 5.20. The number of hydrogen-bond acceptors (Lipinski definition) is 2. The lowest BCUT2D eigenvalue weighted by Crippen LogP contribution is -2.05. The van der Waals surface area contributed by atoms with Crippen molar-refractivity contribution in [3.63, 3.8) is 0 Å². The molecule has 0 aliphatic rings. The van der Waals surface area contributed by atoms with E-state index in [4.69, 9.17) is 5.73 Å². The van der Waals surface area contributed by atoms with Crippen LogP contribution in [0.2, 0.25) is 0 Å². The number of imidazole rings is 1. The first-order valence-corrected chi connectivity index (χ1v) is 6.50. The van der Waals surface area contributed by atoms with E-state index < -0.39 is 0 Å². The van der Waals surface area contributed by atoms with Crippen molar-refractivity contribution in [3.8, 4) is 0 Å². The standard InChI is InChI=1S/C13H15BrFN3/c1-8(16)12-7-18(9(2)17-12)6-10-4-3-5-11(15)13(10)14/h3-5,7-8H,6,16H2,1-2H3/t8-/m0/s1. The zero-order valence-corrected chi connectivity index (χ0v) is 11.9. The molecule has 96 valence electrons. The highest BCUT2D eigenvalue weighted by atomic mass is 79.9. The Labute approximate surface area is 114 Å². The molecular formula is C13H15BrFN3. The minimum Gasteiger partial charge on any atom is -0.330 e. The Morgan fingerprint density at radius 3 is 2.83 bits per heavy atom. The van der Waals surface area contributed by atoms with Gasteiger partial charge in [0.25, 0.3) is 0 Å². The smallest absolute Gasteiger partial charge is 0.137 e. The van der Waals surface area contributed by atoms with Crippen LogP contribution >= 0.6 is 15.9 Å². The predicted molar refractivity (Wildman–Crippen MR) is 72.8 cm³/mol. The highest BCUT2D eigenvalue weighted by Gasteiger charge is 2.10. The maximum atomic E-state index is 13.4. The van der Waals surface area contributed by atoms with Crippen molar-refractivity contribution in [2.45, 2.75) is 26.4 Å². The van der Waals surface area contributed by atoms with E-state index in [1.165, 1.54) is 6.07 Å². The number of halogens is 2. The lowest BCUT2D eigenvalue weighted by Gasteiger charge is -2.07. The van der Waals surface area contributed by atoms with Gasteiger partial charge in [0.1, 0.15) is 11.6 Å². The number of benzene rings is 1. The van der Waals surface area contributed by atoms with Crippen molar-refractivity contribution >= 4 is 15.9 Å². The van der Waals surface area contributed by atoms with E-state index in [9.17, 15) is 4.39 Å². The van der Waals surface area contributed by atoms with Crippen LogP contribution < -0.4 is 5.73 Å². The van der Waals surface area contributed by atoms with Crippen LogP contribution in [0.3, 0.4) is 0 Å². The first-order chi connectivity index (χ1) is 8.49. The van der Waals surface area contributed by atoms with Gasteiger partial charge in [-0.2, -0.15) is 0 Å². The summed E-state index contributed by atoms with van der Waals surface area (Å²) in [6.07, 6.45) is 1.91. The number of hydrogen-bond donors (Lipinski definition) is 1. The molecule has 0 aliphatic heterocycles. The molecule has 18 heavy (non-hydrogen) atoms. The van der Waals surface area contributed by atoms with Crippen molar-refractivity contribution in [2.24, 2.45) is 5.73 Å². The topological polar surface area (TPSA) is 43.8 Å². The van der Waals surface area contributed by atoms with Crippen LogP contribution in [0.5, 0.6) is 0 Å². The number of aromatic nitrogens is 2. The summed E-state index contributed by atoms with van der Waals surface area (Å²) in [6, 6.07) is 4.93. The van der Waals surface area contributed by atoms with Crippen molar-refractivity contribution in [1.29, 1.82) is 0 Å². The summed E-state index contributed by atoms with van der Waals surface area (Å²) >= 11 is 3.26. The van der Waals surface area contributed by atoms with Gasteiger partial charge in [-0.15, -0.1) is 0 Å². The quantitative estimate of drug-likeness (QED) is 0.946. The van der Waals surface area contributed by atoms with E-state index in [2.05, 4.69) is 20.9 Å². The third-order valence-electron chi connectivity index (χ3n) is 2.83. The van der Waals surface area contributed by atoms with Crippen molar-refractivity contribution in [3.05, 3.63) is 51.8 Å². The van der Waals surface area contributed by atoms with Gasteiger partial charge in [0, 0.05) is 18.8 Å². The Balaban J connectivity index is 2.31. The molecule has 1 atom stereocenters. The second-order valence-electron chi connectivity index (χ2n) is 4.34. The van der Waals surface area contributed by atoms with Crippen LogP contribution in [0.1, 0.15) is 30.0 Å². The van der Waals surface area contributed by atoms with Crippen molar-refractivity contribution in [2.75, 3.05) is 0 Å². The van der Waals surface area contributed by atoms with E-state index in [1.807, 2.05) is 30.7 Å². The van der Waals surface area contributed by atoms with Gasteiger partial charge in [-0.25, -0.2) is 9.37 Å². The zero-order chi connectivity index (χ0) is 13.3. The monoisotopic (exact) mass is 311 g/mol. The van der Waals surface area contributed by atoms with Crippen LogP contribution in [-0.2, 0) is 6.54 Å². The predicted octanol–water partition coefficient (Wildman–Crippen LogP) is 3.16. The molecule has 2 rings (SSSR count). The molecule has 1 heterocycles. The Kier molecular flexibility index (Phi) is 3.82. The first-order valence-electron chi connectivity index (χ1n) is 5.71. The molecule has 0 saturated heterocycles. The number of rotatable bonds is 3. The number of aryl methyl sites for hydroxylation is 1. The van der Waals surface area contributed by atoms with Gasteiger partial charge in [0.05, 0.1) is 10.2 Å². The van der Waals surface area contributed by atoms with Gasteiger partial charge in [0.15, 0.2) is 0 Å². The van der Waals surface area contributed by atoms with E-state index in [1.54, 1.807) is 6.07 Å². The SMILES string of the molecule is Cc1nc([C@H](C)N)cn1Cc1cccc(F)c1Br. The molecule has 5 heteroatoms. The van der Waals surface area contributed by atoms with Crippen LogP contribution in [0, 0.1) is 12.7 Å². The Bertz CT molecular complexity index is 563. The molecule has 0 unspecified atom stereocenters. The molecule has 0 amide bonds.